The number of thioether (sulfide) groups is 1. The third kappa shape index (κ3) is 4.24. The summed E-state index contributed by atoms with van der Waals surface area (Å²) in [6.07, 6.45) is 2.49. The Balaban J connectivity index is 1.87. The lowest BCUT2D eigenvalue weighted by Gasteiger charge is -2.10. The fourth-order valence-corrected chi connectivity index (χ4v) is 4.56. The fraction of sp³-hybridized carbons (Fsp3) is 0.316. The highest BCUT2D eigenvalue weighted by molar-refractivity contribution is 8.19. The lowest BCUT2D eigenvalue weighted by molar-refractivity contribution is -0.114. The molecule has 2 aromatic rings. The number of hydrogen-bond acceptors (Lipinski definition) is 9. The van der Waals surface area contributed by atoms with Crippen molar-refractivity contribution >= 4 is 40.0 Å². The molecule has 1 aromatic carbocycles. The Kier molecular flexibility index (Phi) is 6.44. The molecule has 1 aliphatic heterocycles. The van der Waals surface area contributed by atoms with E-state index in [9.17, 15) is 4.79 Å². The number of ether oxygens (including phenoxy) is 2. The van der Waals surface area contributed by atoms with Crippen LogP contribution >= 0.6 is 23.1 Å². The highest BCUT2D eigenvalue weighted by atomic mass is 32.2. The van der Waals surface area contributed by atoms with E-state index >= 15 is 0 Å². The summed E-state index contributed by atoms with van der Waals surface area (Å²) in [4.78, 5) is 13.3. The van der Waals surface area contributed by atoms with Crippen LogP contribution in [-0.2, 0) is 11.2 Å². The van der Waals surface area contributed by atoms with Crippen LogP contribution in [-0.4, -0.2) is 34.2 Å². The molecule has 1 fully saturated rings. The van der Waals surface area contributed by atoms with Crippen molar-refractivity contribution < 1.29 is 14.3 Å². The molecule has 0 radical (unpaired) electrons. The number of ketones is 1. The first-order valence-electron chi connectivity index (χ1n) is 8.68. The van der Waals surface area contributed by atoms with E-state index < -0.39 is 5.92 Å². The third-order valence-electron chi connectivity index (χ3n) is 3.88. The summed E-state index contributed by atoms with van der Waals surface area (Å²) in [6.45, 7) is 4.20. The van der Waals surface area contributed by atoms with Crippen molar-refractivity contribution in [3.63, 3.8) is 0 Å². The summed E-state index contributed by atoms with van der Waals surface area (Å²) in [5, 5.41) is 26.7. The Hall–Kier alpha value is -2.70. The molecule has 0 spiro atoms. The van der Waals surface area contributed by atoms with Gasteiger partial charge in [-0.1, -0.05) is 24.8 Å². The smallest absolute Gasteiger partial charge is 0.186 e. The molecular formula is C19H18N4O3S2. The van der Waals surface area contributed by atoms with E-state index in [2.05, 4.69) is 10.2 Å². The SMILES string of the molecule is CCOc1cc(/C=C2\SC(=N)[C@@H](c3nnc(CC)s3)C2=O)ccc1OCC#N. The van der Waals surface area contributed by atoms with Crippen LogP contribution in [0.15, 0.2) is 23.1 Å². The average molecular weight is 415 g/mol. The van der Waals surface area contributed by atoms with Gasteiger partial charge in [-0.3, -0.25) is 10.2 Å². The summed E-state index contributed by atoms with van der Waals surface area (Å²) >= 11 is 2.52. The quantitative estimate of drug-likeness (QED) is 0.686. The zero-order valence-electron chi connectivity index (χ0n) is 15.4. The molecule has 1 atom stereocenters. The molecule has 3 rings (SSSR count). The molecule has 1 aliphatic rings. The first kappa shape index (κ1) is 20.0. The van der Waals surface area contributed by atoms with Gasteiger partial charge >= 0.3 is 0 Å². The first-order valence-corrected chi connectivity index (χ1v) is 10.3. The maximum Gasteiger partial charge on any atom is 0.186 e. The maximum absolute atomic E-state index is 12.9. The summed E-state index contributed by atoms with van der Waals surface area (Å²) in [7, 11) is 0. The van der Waals surface area contributed by atoms with Crippen LogP contribution in [0.25, 0.3) is 6.08 Å². The molecule has 2 heterocycles. The van der Waals surface area contributed by atoms with Crippen molar-refractivity contribution in [2.24, 2.45) is 0 Å². The van der Waals surface area contributed by atoms with Gasteiger partial charge in [-0.2, -0.15) is 5.26 Å². The van der Waals surface area contributed by atoms with Crippen LogP contribution in [0.2, 0.25) is 0 Å². The number of benzene rings is 1. The molecule has 9 heteroatoms. The standard InChI is InChI=1S/C19H18N4O3S2/c1-3-15-22-23-19(28-15)16-17(24)14(27-18(16)21)10-11-5-6-12(26-8-7-20)13(9-11)25-4-2/h5-6,9-10,16,21H,3-4,8H2,1-2H3/b14-10-,21-18?/t16-/m0/s1. The van der Waals surface area contributed by atoms with Crippen LogP contribution < -0.4 is 9.47 Å². The van der Waals surface area contributed by atoms with Crippen LogP contribution in [0.4, 0.5) is 0 Å². The second kappa shape index (κ2) is 8.99. The second-order valence-electron chi connectivity index (χ2n) is 5.75. The Labute approximate surface area is 170 Å². The number of Topliss-reactive ketones (excluding diaryl/α,β-unsaturated/α-hetero) is 1. The molecule has 1 saturated heterocycles. The van der Waals surface area contributed by atoms with E-state index in [4.69, 9.17) is 20.1 Å². The Morgan fingerprint density at radius 2 is 2.11 bits per heavy atom. The number of nitrogens with one attached hydrogen (secondary N) is 1. The number of nitriles is 1. The number of hydrogen-bond donors (Lipinski definition) is 1. The minimum atomic E-state index is -0.668. The van der Waals surface area contributed by atoms with Crippen molar-refractivity contribution in [2.75, 3.05) is 13.2 Å². The van der Waals surface area contributed by atoms with Gasteiger partial charge in [0.15, 0.2) is 23.9 Å². The highest BCUT2D eigenvalue weighted by Gasteiger charge is 2.39. The van der Waals surface area contributed by atoms with Gasteiger partial charge in [0.05, 0.1) is 16.6 Å². The van der Waals surface area contributed by atoms with Crippen LogP contribution in [0.1, 0.15) is 35.3 Å². The van der Waals surface area contributed by atoms with E-state index in [1.165, 1.54) is 11.3 Å². The summed E-state index contributed by atoms with van der Waals surface area (Å²) in [5.41, 5.74) is 0.753. The minimum absolute atomic E-state index is 0.0741. The van der Waals surface area contributed by atoms with Crippen LogP contribution in [0, 0.1) is 16.7 Å². The zero-order valence-corrected chi connectivity index (χ0v) is 17.0. The van der Waals surface area contributed by atoms with Gasteiger partial charge in [0.2, 0.25) is 0 Å². The Morgan fingerprint density at radius 3 is 2.79 bits per heavy atom. The number of carbonyl (C=O) groups is 1. The van der Waals surface area contributed by atoms with Gasteiger partial charge < -0.3 is 9.47 Å². The molecule has 0 aliphatic carbocycles. The molecule has 1 aromatic heterocycles. The van der Waals surface area contributed by atoms with Gasteiger partial charge in [-0.25, -0.2) is 0 Å². The Bertz CT molecular complexity index is 978. The number of nitrogens with zero attached hydrogens (tertiary/aromatic N) is 3. The zero-order chi connectivity index (χ0) is 20.1. The molecular weight excluding hydrogens is 396 g/mol. The van der Waals surface area contributed by atoms with Gasteiger partial charge in [0, 0.05) is 0 Å². The summed E-state index contributed by atoms with van der Waals surface area (Å²) in [6, 6.07) is 7.18. The number of allylic oxidation sites excluding steroid dienone is 1. The number of aromatic nitrogens is 2. The molecule has 144 valence electrons. The first-order chi connectivity index (χ1) is 13.6. The second-order valence-corrected chi connectivity index (χ2v) is 7.92. The molecule has 0 amide bonds. The van der Waals surface area contributed by atoms with Crippen molar-refractivity contribution in [3.05, 3.63) is 38.7 Å². The normalized spacial score (nSPS) is 17.8. The van der Waals surface area contributed by atoms with E-state index in [1.807, 2.05) is 19.9 Å². The number of carbonyl (C=O) groups excluding carboxylic acids is 1. The molecule has 28 heavy (non-hydrogen) atoms. The number of rotatable bonds is 7. The molecule has 0 bridgehead atoms. The average Bonchev–Trinajstić information content (AvgIpc) is 3.25. The topological polar surface area (TPSA) is 109 Å². The van der Waals surface area contributed by atoms with Gasteiger partial charge in [-0.15, -0.1) is 21.5 Å². The number of aryl methyl sites for hydroxylation is 1. The predicted octanol–water partition coefficient (Wildman–Crippen LogP) is 3.82. The summed E-state index contributed by atoms with van der Waals surface area (Å²) in [5.74, 6) is 0.170. The third-order valence-corrected chi connectivity index (χ3v) is 6.00. The van der Waals surface area contributed by atoms with Crippen molar-refractivity contribution in [2.45, 2.75) is 26.2 Å². The van der Waals surface area contributed by atoms with Gasteiger partial charge in [0.1, 0.15) is 22.0 Å². The molecule has 0 unspecified atom stereocenters. The molecule has 7 nitrogen and oxygen atoms in total. The van der Waals surface area contributed by atoms with Crippen molar-refractivity contribution in [3.8, 4) is 17.6 Å². The predicted molar refractivity (Wildman–Crippen MR) is 109 cm³/mol. The Morgan fingerprint density at radius 1 is 1.29 bits per heavy atom. The lowest BCUT2D eigenvalue weighted by Crippen LogP contribution is -2.11. The largest absolute Gasteiger partial charge is 0.490 e. The molecule has 0 saturated carbocycles. The lowest BCUT2D eigenvalue weighted by atomic mass is 10.1. The highest BCUT2D eigenvalue weighted by Crippen LogP contribution is 2.42. The van der Waals surface area contributed by atoms with Gasteiger partial charge in [-0.05, 0) is 37.1 Å². The van der Waals surface area contributed by atoms with E-state index in [0.717, 1.165) is 28.8 Å². The van der Waals surface area contributed by atoms with E-state index in [0.29, 0.717) is 28.0 Å². The van der Waals surface area contributed by atoms with Crippen LogP contribution in [0.3, 0.4) is 0 Å². The summed E-state index contributed by atoms with van der Waals surface area (Å²) < 4.78 is 10.9. The monoisotopic (exact) mass is 414 g/mol. The van der Waals surface area contributed by atoms with Crippen molar-refractivity contribution in [1.82, 2.24) is 10.2 Å². The fourth-order valence-electron chi connectivity index (χ4n) is 2.60. The van der Waals surface area contributed by atoms with Crippen molar-refractivity contribution in [1.29, 1.82) is 10.7 Å². The minimum Gasteiger partial charge on any atom is -0.490 e. The maximum atomic E-state index is 12.9. The van der Waals surface area contributed by atoms with Crippen LogP contribution in [0.5, 0.6) is 11.5 Å². The molecule has 1 N–H and O–H groups in total. The van der Waals surface area contributed by atoms with Gasteiger partial charge in [0.25, 0.3) is 0 Å². The van der Waals surface area contributed by atoms with E-state index in [-0.39, 0.29) is 17.4 Å². The van der Waals surface area contributed by atoms with E-state index in [1.54, 1.807) is 24.3 Å².